The maximum atomic E-state index is 11.1. The van der Waals surface area contributed by atoms with Gasteiger partial charge in [-0.15, -0.1) is 0 Å². The fourth-order valence-electron chi connectivity index (χ4n) is 0.493. The van der Waals surface area contributed by atoms with Gasteiger partial charge in [0.1, 0.15) is 0 Å². The number of carbonyl (C=O) groups excluding carboxylic acids is 1. The highest BCUT2D eigenvalue weighted by Gasteiger charge is 2.23. The molecule has 10 heavy (non-hydrogen) atoms. The molecule has 0 atom stereocenters. The summed E-state index contributed by atoms with van der Waals surface area (Å²) in [6, 6.07) is 0. The molecule has 1 N–H and O–H groups in total. The number of hydrogen-bond acceptors (Lipinski definition) is 1. The summed E-state index contributed by atoms with van der Waals surface area (Å²) in [5.41, 5.74) is -0.421. The van der Waals surface area contributed by atoms with Crippen LogP contribution in [-0.2, 0) is 4.79 Å². The second kappa shape index (κ2) is 3.64. The average Bonchev–Trinajstić information content (AvgIpc) is 1.89. The lowest BCUT2D eigenvalue weighted by atomic mass is 9.78. The van der Waals surface area contributed by atoms with E-state index in [0.29, 0.717) is 12.9 Å². The molecule has 0 fully saturated rings. The van der Waals surface area contributed by atoms with Crippen LogP contribution in [0.2, 0.25) is 6.32 Å². The second-order valence-electron chi connectivity index (χ2n) is 2.95. The molecular formula is C7H14BNO. The van der Waals surface area contributed by atoms with Gasteiger partial charge in [-0.1, -0.05) is 20.2 Å². The first-order valence-corrected chi connectivity index (χ1v) is 3.53. The number of hydrogen-bond donors (Lipinski definition) is 1. The molecule has 0 aliphatic rings. The van der Waals surface area contributed by atoms with Crippen molar-refractivity contribution < 1.29 is 4.79 Å². The summed E-state index contributed by atoms with van der Waals surface area (Å²) in [7, 11) is 5.38. The predicted molar refractivity (Wildman–Crippen MR) is 43.0 cm³/mol. The SMILES string of the molecule is [B]CC(C)(C)C(=O)NCC. The van der Waals surface area contributed by atoms with Gasteiger partial charge in [-0.05, 0) is 6.92 Å². The molecule has 0 aliphatic carbocycles. The van der Waals surface area contributed by atoms with Crippen molar-refractivity contribution in [2.75, 3.05) is 6.54 Å². The third-order valence-corrected chi connectivity index (χ3v) is 1.46. The van der Waals surface area contributed by atoms with Crippen molar-refractivity contribution in [3.63, 3.8) is 0 Å². The van der Waals surface area contributed by atoms with Gasteiger partial charge in [-0.3, -0.25) is 4.79 Å². The summed E-state index contributed by atoms with van der Waals surface area (Å²) in [6.07, 6.45) is 0.388. The number of rotatable bonds is 3. The molecule has 0 bridgehead atoms. The highest BCUT2D eigenvalue weighted by molar-refractivity contribution is 6.11. The van der Waals surface area contributed by atoms with E-state index < -0.39 is 5.41 Å². The molecule has 56 valence electrons. The summed E-state index contributed by atoms with van der Waals surface area (Å²) < 4.78 is 0. The highest BCUT2D eigenvalue weighted by Crippen LogP contribution is 2.18. The van der Waals surface area contributed by atoms with E-state index in [2.05, 4.69) is 5.32 Å². The zero-order valence-electron chi connectivity index (χ0n) is 6.90. The van der Waals surface area contributed by atoms with Crippen molar-refractivity contribution in [3.8, 4) is 0 Å². The molecule has 3 heteroatoms. The number of nitrogens with one attached hydrogen (secondary N) is 1. The molecule has 0 aliphatic heterocycles. The Labute approximate surface area is 63.8 Å². The van der Waals surface area contributed by atoms with E-state index in [1.54, 1.807) is 0 Å². The minimum atomic E-state index is -0.421. The van der Waals surface area contributed by atoms with E-state index in [4.69, 9.17) is 7.85 Å². The van der Waals surface area contributed by atoms with Gasteiger partial charge in [0.2, 0.25) is 5.91 Å². The Morgan fingerprint density at radius 1 is 1.60 bits per heavy atom. The van der Waals surface area contributed by atoms with E-state index >= 15 is 0 Å². The van der Waals surface area contributed by atoms with Gasteiger partial charge in [0.05, 0.1) is 7.85 Å². The van der Waals surface area contributed by atoms with E-state index in [1.807, 2.05) is 20.8 Å². The maximum absolute atomic E-state index is 11.1. The summed E-state index contributed by atoms with van der Waals surface area (Å²) in [5, 5.41) is 2.72. The predicted octanol–water partition coefficient (Wildman–Crippen LogP) is 0.735. The zero-order valence-corrected chi connectivity index (χ0v) is 6.90. The molecule has 2 radical (unpaired) electrons. The molecule has 2 nitrogen and oxygen atoms in total. The van der Waals surface area contributed by atoms with Crippen LogP contribution in [0.15, 0.2) is 0 Å². The molecule has 0 saturated heterocycles. The minimum absolute atomic E-state index is 0.0255. The van der Waals surface area contributed by atoms with Gasteiger partial charge in [-0.25, -0.2) is 0 Å². The van der Waals surface area contributed by atoms with E-state index in [0.717, 1.165) is 0 Å². The fourth-order valence-corrected chi connectivity index (χ4v) is 0.493. The summed E-state index contributed by atoms with van der Waals surface area (Å²) in [4.78, 5) is 11.1. The standard InChI is InChI=1S/C7H14BNO/c1-4-9-6(10)7(2,3)5-8/h4-5H2,1-3H3,(H,9,10). The maximum Gasteiger partial charge on any atom is 0.224 e. The third kappa shape index (κ3) is 2.42. The first kappa shape index (κ1) is 9.53. The van der Waals surface area contributed by atoms with Gasteiger partial charge in [-0.2, -0.15) is 0 Å². The lowest BCUT2D eigenvalue weighted by Gasteiger charge is -2.20. The van der Waals surface area contributed by atoms with Crippen molar-refractivity contribution in [2.45, 2.75) is 27.1 Å². The van der Waals surface area contributed by atoms with Crippen LogP contribution in [0.4, 0.5) is 0 Å². The van der Waals surface area contributed by atoms with Crippen LogP contribution < -0.4 is 5.32 Å². The van der Waals surface area contributed by atoms with E-state index in [1.165, 1.54) is 0 Å². The van der Waals surface area contributed by atoms with Crippen molar-refractivity contribution in [1.29, 1.82) is 0 Å². The Balaban J connectivity index is 3.91. The van der Waals surface area contributed by atoms with E-state index in [-0.39, 0.29) is 5.91 Å². The number of carbonyl (C=O) groups is 1. The summed E-state index contributed by atoms with van der Waals surface area (Å²) >= 11 is 0. The molecule has 0 heterocycles. The van der Waals surface area contributed by atoms with Crippen molar-refractivity contribution in [2.24, 2.45) is 5.41 Å². The Hall–Kier alpha value is -0.465. The topological polar surface area (TPSA) is 29.1 Å². The van der Waals surface area contributed by atoms with Crippen LogP contribution in [0.5, 0.6) is 0 Å². The van der Waals surface area contributed by atoms with Gasteiger partial charge in [0, 0.05) is 12.0 Å². The van der Waals surface area contributed by atoms with Gasteiger partial charge >= 0.3 is 0 Å². The summed E-state index contributed by atoms with van der Waals surface area (Å²) in [6.45, 7) is 6.22. The van der Waals surface area contributed by atoms with Gasteiger partial charge in [0.15, 0.2) is 0 Å². The molecule has 0 saturated carbocycles. The highest BCUT2D eigenvalue weighted by atomic mass is 16.2. The van der Waals surface area contributed by atoms with Crippen LogP contribution >= 0.6 is 0 Å². The van der Waals surface area contributed by atoms with Crippen LogP contribution in [-0.4, -0.2) is 20.3 Å². The Morgan fingerprint density at radius 3 is 2.40 bits per heavy atom. The van der Waals surface area contributed by atoms with Crippen LogP contribution in [0.3, 0.4) is 0 Å². The smallest absolute Gasteiger partial charge is 0.224 e. The normalized spacial score (nSPS) is 11.1. The first-order chi connectivity index (χ1) is 4.54. The fraction of sp³-hybridized carbons (Fsp3) is 0.857. The second-order valence-corrected chi connectivity index (χ2v) is 2.95. The van der Waals surface area contributed by atoms with Crippen LogP contribution in [0.1, 0.15) is 20.8 Å². The monoisotopic (exact) mass is 139 g/mol. The van der Waals surface area contributed by atoms with Gasteiger partial charge in [0.25, 0.3) is 0 Å². The lowest BCUT2D eigenvalue weighted by Crippen LogP contribution is -2.36. The number of amides is 1. The van der Waals surface area contributed by atoms with Crippen molar-refractivity contribution in [1.82, 2.24) is 5.32 Å². The Morgan fingerprint density at radius 2 is 2.10 bits per heavy atom. The quantitative estimate of drug-likeness (QED) is 0.574. The summed E-state index contributed by atoms with van der Waals surface area (Å²) in [5.74, 6) is 0.0255. The zero-order chi connectivity index (χ0) is 8.20. The average molecular weight is 139 g/mol. The molecule has 0 unspecified atom stereocenters. The molecule has 0 aromatic carbocycles. The van der Waals surface area contributed by atoms with Crippen molar-refractivity contribution in [3.05, 3.63) is 0 Å². The molecule has 0 aromatic rings. The molecule has 1 amide bonds. The van der Waals surface area contributed by atoms with Gasteiger partial charge < -0.3 is 5.32 Å². The Bertz CT molecular complexity index is 123. The van der Waals surface area contributed by atoms with E-state index in [9.17, 15) is 4.79 Å². The molecular weight excluding hydrogens is 125 g/mol. The molecule has 0 aromatic heterocycles. The molecule has 0 spiro atoms. The third-order valence-electron chi connectivity index (χ3n) is 1.46. The first-order valence-electron chi connectivity index (χ1n) is 3.53. The van der Waals surface area contributed by atoms with Crippen LogP contribution in [0.25, 0.3) is 0 Å². The Kier molecular flexibility index (Phi) is 3.47. The van der Waals surface area contributed by atoms with Crippen LogP contribution in [0, 0.1) is 5.41 Å². The van der Waals surface area contributed by atoms with Crippen molar-refractivity contribution >= 4 is 13.8 Å². The molecule has 0 rings (SSSR count). The largest absolute Gasteiger partial charge is 0.356 e. The minimum Gasteiger partial charge on any atom is -0.356 e. The lowest BCUT2D eigenvalue weighted by molar-refractivity contribution is -0.128.